The van der Waals surface area contributed by atoms with Crippen LogP contribution in [-0.4, -0.2) is 49.0 Å². The molecule has 1 N–H and O–H groups in total. The Balaban J connectivity index is 1.32. The number of aromatic nitrogens is 5. The van der Waals surface area contributed by atoms with Crippen molar-refractivity contribution in [1.29, 1.82) is 0 Å². The number of piperidine rings is 1. The van der Waals surface area contributed by atoms with E-state index in [2.05, 4.69) is 31.5 Å². The van der Waals surface area contributed by atoms with Crippen molar-refractivity contribution < 1.29 is 4.79 Å². The number of anilines is 1. The van der Waals surface area contributed by atoms with Crippen LogP contribution in [0.4, 0.5) is 10.5 Å². The first-order valence-corrected chi connectivity index (χ1v) is 9.00. The van der Waals surface area contributed by atoms with Crippen LogP contribution in [-0.2, 0) is 0 Å². The van der Waals surface area contributed by atoms with Gasteiger partial charge in [-0.3, -0.25) is 4.98 Å². The van der Waals surface area contributed by atoms with Crippen LogP contribution < -0.4 is 5.32 Å². The lowest BCUT2D eigenvalue weighted by Crippen LogP contribution is -2.40. The first kappa shape index (κ1) is 17.1. The first-order chi connectivity index (χ1) is 13.2. The highest BCUT2D eigenvalue weighted by Gasteiger charge is 2.24. The fraction of sp³-hybridized carbons (Fsp3) is 0.316. The van der Waals surface area contributed by atoms with Gasteiger partial charge < -0.3 is 10.2 Å². The third-order valence-corrected chi connectivity index (χ3v) is 4.81. The molecule has 1 aliphatic heterocycles. The van der Waals surface area contributed by atoms with Gasteiger partial charge in [0.25, 0.3) is 0 Å². The number of nitrogens with one attached hydrogen (secondary N) is 1. The lowest BCUT2D eigenvalue weighted by Gasteiger charge is -2.32. The number of amides is 2. The van der Waals surface area contributed by atoms with Gasteiger partial charge in [0, 0.05) is 25.0 Å². The number of likely N-dealkylation sites (tertiary alicyclic amines) is 1. The predicted molar refractivity (Wildman–Crippen MR) is 101 cm³/mol. The highest BCUT2D eigenvalue weighted by atomic mass is 16.2. The van der Waals surface area contributed by atoms with Crippen LogP contribution in [0.5, 0.6) is 0 Å². The molecule has 4 rings (SSSR count). The van der Waals surface area contributed by atoms with Gasteiger partial charge in [0.2, 0.25) is 0 Å². The minimum atomic E-state index is -0.0951. The highest BCUT2D eigenvalue weighted by Crippen LogP contribution is 2.27. The quantitative estimate of drug-likeness (QED) is 0.773. The second kappa shape index (κ2) is 7.53. The molecule has 4 heterocycles. The normalized spacial score (nSPS) is 14.9. The number of urea groups is 1. The molecule has 0 aliphatic carbocycles. The number of hydrogen-bond acceptors (Lipinski definition) is 5. The third kappa shape index (κ3) is 3.94. The Hall–Kier alpha value is -3.29. The number of aryl methyl sites for hydroxylation is 1. The van der Waals surface area contributed by atoms with Gasteiger partial charge >= 0.3 is 6.03 Å². The summed E-state index contributed by atoms with van der Waals surface area (Å²) in [7, 11) is 0. The number of carbonyl (C=O) groups is 1. The van der Waals surface area contributed by atoms with Crippen molar-refractivity contribution in [2.24, 2.45) is 0 Å². The summed E-state index contributed by atoms with van der Waals surface area (Å²) < 4.78 is 0. The van der Waals surface area contributed by atoms with Crippen molar-refractivity contribution in [1.82, 2.24) is 29.9 Å². The van der Waals surface area contributed by atoms with Crippen molar-refractivity contribution in [2.75, 3.05) is 18.4 Å². The van der Waals surface area contributed by atoms with E-state index in [-0.39, 0.29) is 6.03 Å². The average molecular weight is 363 g/mol. The molecule has 1 aliphatic rings. The minimum absolute atomic E-state index is 0.0951. The smallest absolute Gasteiger partial charge is 0.321 e. The number of rotatable bonds is 3. The van der Waals surface area contributed by atoms with Crippen LogP contribution in [0.3, 0.4) is 0 Å². The lowest BCUT2D eigenvalue weighted by molar-refractivity contribution is 0.194. The lowest BCUT2D eigenvalue weighted by atomic mass is 9.90. The van der Waals surface area contributed by atoms with Crippen LogP contribution in [0.1, 0.15) is 30.0 Å². The van der Waals surface area contributed by atoms with Crippen molar-refractivity contribution >= 4 is 11.7 Å². The molecule has 8 nitrogen and oxygen atoms in total. The van der Waals surface area contributed by atoms with Gasteiger partial charge in [0.05, 0.1) is 24.3 Å². The molecular weight excluding hydrogens is 342 g/mol. The molecule has 3 aromatic heterocycles. The summed E-state index contributed by atoms with van der Waals surface area (Å²) in [5.74, 6) is 1.06. The summed E-state index contributed by atoms with van der Waals surface area (Å²) in [5.41, 5.74) is 2.94. The van der Waals surface area contributed by atoms with Gasteiger partial charge in [-0.05, 0) is 49.4 Å². The Morgan fingerprint density at radius 3 is 2.44 bits per heavy atom. The third-order valence-electron chi connectivity index (χ3n) is 4.81. The molecule has 3 aromatic rings. The fourth-order valence-corrected chi connectivity index (χ4v) is 3.25. The van der Waals surface area contributed by atoms with E-state index in [4.69, 9.17) is 0 Å². The SMILES string of the molecule is Cc1ccc(C2CCN(C(=O)Nc3ccc(-n4nccn4)nc3)CC2)cn1. The maximum absolute atomic E-state index is 12.5. The summed E-state index contributed by atoms with van der Waals surface area (Å²) in [4.78, 5) is 24.4. The van der Waals surface area contributed by atoms with Gasteiger partial charge in [-0.1, -0.05) is 6.07 Å². The zero-order valence-electron chi connectivity index (χ0n) is 15.1. The standard InChI is InChI=1S/C19H21N7O/c1-14-2-3-16(12-20-14)15-6-10-25(11-7-15)19(27)24-17-4-5-18(21-13-17)26-22-8-9-23-26/h2-5,8-9,12-13,15H,6-7,10-11H2,1H3,(H,24,27). The van der Waals surface area contributed by atoms with Crippen LogP contribution in [0.25, 0.3) is 5.82 Å². The van der Waals surface area contributed by atoms with E-state index in [1.54, 1.807) is 30.7 Å². The molecule has 138 valence electrons. The molecule has 0 radical (unpaired) electrons. The molecular formula is C19H21N7O. The summed E-state index contributed by atoms with van der Waals surface area (Å²) in [6.07, 6.45) is 8.64. The summed E-state index contributed by atoms with van der Waals surface area (Å²) >= 11 is 0. The zero-order valence-corrected chi connectivity index (χ0v) is 15.1. The summed E-state index contributed by atoms with van der Waals surface area (Å²) in [6.45, 7) is 3.45. The Morgan fingerprint density at radius 1 is 1.04 bits per heavy atom. The van der Waals surface area contributed by atoms with Crippen LogP contribution >= 0.6 is 0 Å². The van der Waals surface area contributed by atoms with Crippen LogP contribution in [0, 0.1) is 6.92 Å². The number of carbonyl (C=O) groups excluding carboxylic acids is 1. The Kier molecular flexibility index (Phi) is 4.78. The second-order valence-electron chi connectivity index (χ2n) is 6.65. The molecule has 0 atom stereocenters. The second-order valence-corrected chi connectivity index (χ2v) is 6.65. The van der Waals surface area contributed by atoms with E-state index < -0.39 is 0 Å². The van der Waals surface area contributed by atoms with Gasteiger partial charge in [-0.25, -0.2) is 9.78 Å². The Bertz CT molecular complexity index is 883. The molecule has 27 heavy (non-hydrogen) atoms. The summed E-state index contributed by atoms with van der Waals surface area (Å²) in [6, 6.07) is 7.66. The monoisotopic (exact) mass is 363 g/mol. The zero-order chi connectivity index (χ0) is 18.6. The van der Waals surface area contributed by atoms with E-state index in [1.807, 2.05) is 24.1 Å². The maximum atomic E-state index is 12.5. The van der Waals surface area contributed by atoms with Gasteiger partial charge in [-0.2, -0.15) is 10.2 Å². The Morgan fingerprint density at radius 2 is 1.81 bits per heavy atom. The van der Waals surface area contributed by atoms with E-state index >= 15 is 0 Å². The predicted octanol–water partition coefficient (Wildman–Crippen LogP) is 2.78. The number of nitrogens with zero attached hydrogens (tertiary/aromatic N) is 6. The minimum Gasteiger partial charge on any atom is -0.324 e. The number of pyridine rings is 2. The Labute approximate surface area is 157 Å². The fourth-order valence-electron chi connectivity index (χ4n) is 3.25. The molecule has 8 heteroatoms. The van der Waals surface area contributed by atoms with Crippen molar-refractivity contribution in [3.05, 3.63) is 60.3 Å². The van der Waals surface area contributed by atoms with E-state index in [0.717, 1.165) is 31.6 Å². The van der Waals surface area contributed by atoms with Crippen molar-refractivity contribution in [3.8, 4) is 5.82 Å². The molecule has 0 bridgehead atoms. The molecule has 1 saturated heterocycles. The molecule has 0 unspecified atom stereocenters. The van der Waals surface area contributed by atoms with Gasteiger partial charge in [0.15, 0.2) is 5.82 Å². The molecule has 0 saturated carbocycles. The van der Waals surface area contributed by atoms with E-state index in [9.17, 15) is 4.79 Å². The number of hydrogen-bond donors (Lipinski definition) is 1. The van der Waals surface area contributed by atoms with E-state index in [0.29, 0.717) is 17.4 Å². The molecule has 2 amide bonds. The van der Waals surface area contributed by atoms with E-state index in [1.165, 1.54) is 10.4 Å². The largest absolute Gasteiger partial charge is 0.324 e. The average Bonchev–Trinajstić information content (AvgIpc) is 3.24. The highest BCUT2D eigenvalue weighted by molar-refractivity contribution is 5.89. The maximum Gasteiger partial charge on any atom is 0.321 e. The molecule has 1 fully saturated rings. The van der Waals surface area contributed by atoms with Crippen molar-refractivity contribution in [2.45, 2.75) is 25.7 Å². The first-order valence-electron chi connectivity index (χ1n) is 9.00. The van der Waals surface area contributed by atoms with Gasteiger partial charge in [-0.15, -0.1) is 4.80 Å². The molecule has 0 aromatic carbocycles. The van der Waals surface area contributed by atoms with Crippen LogP contribution in [0.2, 0.25) is 0 Å². The van der Waals surface area contributed by atoms with Gasteiger partial charge in [0.1, 0.15) is 0 Å². The molecule has 0 spiro atoms. The topological polar surface area (TPSA) is 88.8 Å². The van der Waals surface area contributed by atoms with Crippen molar-refractivity contribution in [3.63, 3.8) is 0 Å². The van der Waals surface area contributed by atoms with Crippen LogP contribution in [0.15, 0.2) is 49.1 Å². The summed E-state index contributed by atoms with van der Waals surface area (Å²) in [5, 5.41) is 11.0.